The number of fused-ring (bicyclic) bond motifs is 1. The lowest BCUT2D eigenvalue weighted by Gasteiger charge is -2.09. The van der Waals surface area contributed by atoms with Gasteiger partial charge in [-0.25, -0.2) is 0 Å². The average Bonchev–Trinajstić information content (AvgIpc) is 3.13. The molecule has 1 aliphatic rings. The number of nitrogens with one attached hydrogen (secondary N) is 1. The third-order valence-corrected chi connectivity index (χ3v) is 4.34. The molecular formula is C17H20N2O3. The van der Waals surface area contributed by atoms with Gasteiger partial charge in [-0.05, 0) is 24.5 Å². The van der Waals surface area contributed by atoms with Gasteiger partial charge in [0.1, 0.15) is 11.3 Å². The minimum absolute atomic E-state index is 0.00964. The number of para-hydroxylation sites is 1. The highest BCUT2D eigenvalue weighted by atomic mass is 16.3. The molecule has 3 rings (SSSR count). The van der Waals surface area contributed by atoms with Crippen molar-refractivity contribution in [1.29, 1.82) is 0 Å². The van der Waals surface area contributed by atoms with Crippen LogP contribution in [0.4, 0.5) is 5.69 Å². The van der Waals surface area contributed by atoms with E-state index in [1.54, 1.807) is 12.1 Å². The van der Waals surface area contributed by atoms with E-state index in [0.717, 1.165) is 6.42 Å². The van der Waals surface area contributed by atoms with Crippen molar-refractivity contribution in [2.24, 2.45) is 11.7 Å². The summed E-state index contributed by atoms with van der Waals surface area (Å²) in [6, 6.07) is 7.19. The number of amides is 2. The zero-order valence-electron chi connectivity index (χ0n) is 12.4. The van der Waals surface area contributed by atoms with Gasteiger partial charge < -0.3 is 15.5 Å². The van der Waals surface area contributed by atoms with Gasteiger partial charge in [-0.1, -0.05) is 37.8 Å². The number of benzene rings is 1. The Morgan fingerprint density at radius 3 is 2.68 bits per heavy atom. The molecule has 0 bridgehead atoms. The zero-order chi connectivity index (χ0) is 15.5. The first-order valence-electron chi connectivity index (χ1n) is 7.76. The molecule has 1 fully saturated rings. The highest BCUT2D eigenvalue weighted by molar-refractivity contribution is 6.10. The molecule has 0 radical (unpaired) electrons. The van der Waals surface area contributed by atoms with Crippen LogP contribution in [0.5, 0.6) is 0 Å². The number of carbonyl (C=O) groups excluding carboxylic acids is 2. The van der Waals surface area contributed by atoms with Crippen molar-refractivity contribution in [3.05, 3.63) is 30.0 Å². The molecule has 0 aliphatic heterocycles. The van der Waals surface area contributed by atoms with Crippen LogP contribution < -0.4 is 11.1 Å². The molecule has 0 spiro atoms. The molecule has 0 atom stereocenters. The first kappa shape index (κ1) is 14.6. The van der Waals surface area contributed by atoms with E-state index in [1.165, 1.54) is 25.7 Å². The van der Waals surface area contributed by atoms with Crippen molar-refractivity contribution >= 4 is 28.5 Å². The Hall–Kier alpha value is -2.30. The Balaban J connectivity index is 1.75. The van der Waals surface area contributed by atoms with Crippen LogP contribution in [-0.2, 0) is 4.79 Å². The van der Waals surface area contributed by atoms with Gasteiger partial charge in [0.05, 0.1) is 0 Å². The van der Waals surface area contributed by atoms with Gasteiger partial charge in [0.25, 0.3) is 5.91 Å². The molecule has 2 aromatic rings. The summed E-state index contributed by atoms with van der Waals surface area (Å²) in [5.41, 5.74) is 6.28. The molecule has 1 aromatic carbocycles. The second kappa shape index (κ2) is 6.22. The summed E-state index contributed by atoms with van der Waals surface area (Å²) >= 11 is 0. The topological polar surface area (TPSA) is 85.3 Å². The lowest BCUT2D eigenvalue weighted by Crippen LogP contribution is -2.17. The van der Waals surface area contributed by atoms with E-state index in [0.29, 0.717) is 29.0 Å². The molecule has 5 heteroatoms. The number of primary amides is 1. The molecule has 1 heterocycles. The van der Waals surface area contributed by atoms with E-state index in [2.05, 4.69) is 5.32 Å². The molecule has 1 aromatic heterocycles. The van der Waals surface area contributed by atoms with Gasteiger partial charge in [0.2, 0.25) is 11.7 Å². The molecule has 22 heavy (non-hydrogen) atoms. The summed E-state index contributed by atoms with van der Waals surface area (Å²) in [6.45, 7) is 0. The van der Waals surface area contributed by atoms with E-state index in [-0.39, 0.29) is 11.7 Å². The standard InChI is InChI=1S/C17H20N2O3/c18-17(21)16-15(12-7-3-4-8-13(12)22-16)19-14(20)10-9-11-5-1-2-6-11/h3-4,7-8,11H,1-2,5-6,9-10H2,(H2,18,21)(H,19,20). The second-order valence-electron chi connectivity index (χ2n) is 5.90. The fourth-order valence-electron chi connectivity index (χ4n) is 3.18. The Labute approximate surface area is 128 Å². The number of hydrogen-bond acceptors (Lipinski definition) is 3. The Morgan fingerprint density at radius 1 is 1.23 bits per heavy atom. The van der Waals surface area contributed by atoms with Crippen molar-refractivity contribution in [3.8, 4) is 0 Å². The van der Waals surface area contributed by atoms with Gasteiger partial charge in [-0.2, -0.15) is 0 Å². The monoisotopic (exact) mass is 300 g/mol. The van der Waals surface area contributed by atoms with E-state index < -0.39 is 5.91 Å². The van der Waals surface area contributed by atoms with Crippen LogP contribution in [0.1, 0.15) is 49.1 Å². The van der Waals surface area contributed by atoms with Crippen LogP contribution in [-0.4, -0.2) is 11.8 Å². The minimum Gasteiger partial charge on any atom is -0.449 e. The summed E-state index contributed by atoms with van der Waals surface area (Å²) in [6.07, 6.45) is 6.33. The summed E-state index contributed by atoms with van der Waals surface area (Å²) in [4.78, 5) is 23.7. The highest BCUT2D eigenvalue weighted by Crippen LogP contribution is 2.32. The number of nitrogens with two attached hydrogens (primary N) is 1. The number of furan rings is 1. The highest BCUT2D eigenvalue weighted by Gasteiger charge is 2.21. The van der Waals surface area contributed by atoms with Crippen LogP contribution in [0.15, 0.2) is 28.7 Å². The quantitative estimate of drug-likeness (QED) is 0.887. The van der Waals surface area contributed by atoms with Crippen LogP contribution in [0.25, 0.3) is 11.0 Å². The zero-order valence-corrected chi connectivity index (χ0v) is 12.4. The van der Waals surface area contributed by atoms with Crippen molar-refractivity contribution in [2.75, 3.05) is 5.32 Å². The van der Waals surface area contributed by atoms with E-state index in [4.69, 9.17) is 10.2 Å². The molecular weight excluding hydrogens is 280 g/mol. The van der Waals surface area contributed by atoms with Gasteiger partial charge in [-0.15, -0.1) is 0 Å². The first-order valence-corrected chi connectivity index (χ1v) is 7.76. The van der Waals surface area contributed by atoms with Crippen LogP contribution in [0, 0.1) is 5.92 Å². The molecule has 1 aliphatic carbocycles. The van der Waals surface area contributed by atoms with Crippen LogP contribution in [0.2, 0.25) is 0 Å². The first-order chi connectivity index (χ1) is 10.6. The normalized spacial score (nSPS) is 15.3. The summed E-state index contributed by atoms with van der Waals surface area (Å²) < 4.78 is 5.45. The lowest BCUT2D eigenvalue weighted by atomic mass is 10.0. The summed E-state index contributed by atoms with van der Waals surface area (Å²) in [5.74, 6) is -0.110. The maximum Gasteiger partial charge on any atom is 0.286 e. The van der Waals surface area contributed by atoms with Gasteiger partial charge in [-0.3, -0.25) is 9.59 Å². The molecule has 5 nitrogen and oxygen atoms in total. The second-order valence-corrected chi connectivity index (χ2v) is 5.90. The smallest absolute Gasteiger partial charge is 0.286 e. The van der Waals surface area contributed by atoms with Crippen molar-refractivity contribution in [1.82, 2.24) is 0 Å². The molecule has 0 unspecified atom stereocenters. The Kier molecular flexibility index (Phi) is 4.13. The van der Waals surface area contributed by atoms with Crippen LogP contribution >= 0.6 is 0 Å². The Bertz CT molecular complexity index is 699. The molecule has 0 saturated heterocycles. The van der Waals surface area contributed by atoms with E-state index in [1.807, 2.05) is 12.1 Å². The average molecular weight is 300 g/mol. The van der Waals surface area contributed by atoms with E-state index in [9.17, 15) is 9.59 Å². The molecule has 2 amide bonds. The number of hydrogen-bond donors (Lipinski definition) is 2. The lowest BCUT2D eigenvalue weighted by molar-refractivity contribution is -0.116. The number of rotatable bonds is 5. The van der Waals surface area contributed by atoms with E-state index >= 15 is 0 Å². The Morgan fingerprint density at radius 2 is 1.95 bits per heavy atom. The maximum absolute atomic E-state index is 12.2. The van der Waals surface area contributed by atoms with Crippen molar-refractivity contribution in [3.63, 3.8) is 0 Å². The molecule has 1 saturated carbocycles. The number of anilines is 1. The third-order valence-electron chi connectivity index (χ3n) is 4.34. The number of carbonyl (C=O) groups is 2. The summed E-state index contributed by atoms with van der Waals surface area (Å²) in [5, 5.41) is 3.50. The fourth-order valence-corrected chi connectivity index (χ4v) is 3.18. The van der Waals surface area contributed by atoms with Crippen LogP contribution in [0.3, 0.4) is 0 Å². The van der Waals surface area contributed by atoms with Gasteiger partial charge >= 0.3 is 0 Å². The van der Waals surface area contributed by atoms with Crippen molar-refractivity contribution < 1.29 is 14.0 Å². The third kappa shape index (κ3) is 2.98. The largest absolute Gasteiger partial charge is 0.449 e. The SMILES string of the molecule is NC(=O)c1oc2ccccc2c1NC(=O)CCC1CCCC1. The fraction of sp³-hybridized carbons (Fsp3) is 0.412. The predicted octanol–water partition coefficient (Wildman–Crippen LogP) is 3.44. The van der Waals surface area contributed by atoms with Crippen molar-refractivity contribution in [2.45, 2.75) is 38.5 Å². The molecule has 116 valence electrons. The van der Waals surface area contributed by atoms with Gasteiger partial charge in [0.15, 0.2) is 0 Å². The maximum atomic E-state index is 12.2. The minimum atomic E-state index is -0.678. The van der Waals surface area contributed by atoms with Gasteiger partial charge in [0, 0.05) is 11.8 Å². The summed E-state index contributed by atoms with van der Waals surface area (Å²) in [7, 11) is 0. The molecule has 3 N–H and O–H groups in total. The predicted molar refractivity (Wildman–Crippen MR) is 84.6 cm³/mol.